The number of fused-ring (bicyclic) bond motifs is 1. The minimum Gasteiger partial charge on any atom is -0.465 e. The highest BCUT2D eigenvalue weighted by molar-refractivity contribution is 5.65. The van der Waals surface area contributed by atoms with Crippen molar-refractivity contribution < 1.29 is 14.6 Å². The number of carboxylic acid groups (broad SMARTS) is 1. The molecule has 1 amide bonds. The second-order valence-corrected chi connectivity index (χ2v) is 8.33. The number of morpholine rings is 1. The topological polar surface area (TPSA) is 76.8 Å². The highest BCUT2D eigenvalue weighted by Crippen LogP contribution is 2.39. The third kappa shape index (κ3) is 3.42. The molecule has 0 aliphatic carbocycles. The summed E-state index contributed by atoms with van der Waals surface area (Å²) in [6.45, 7) is 10.8. The van der Waals surface area contributed by atoms with E-state index in [1.165, 1.54) is 4.90 Å². The van der Waals surface area contributed by atoms with Crippen molar-refractivity contribution in [3.8, 4) is 6.07 Å². The summed E-state index contributed by atoms with van der Waals surface area (Å²) in [6, 6.07) is 8.08. The predicted molar refractivity (Wildman–Crippen MR) is 97.9 cm³/mol. The van der Waals surface area contributed by atoms with Crippen LogP contribution in [0.15, 0.2) is 18.2 Å². The summed E-state index contributed by atoms with van der Waals surface area (Å²) in [6.07, 6.45) is -1.06. The summed E-state index contributed by atoms with van der Waals surface area (Å²) in [5.41, 5.74) is 2.58. The number of hydrogen-bond donors (Lipinski definition) is 1. The monoisotopic (exact) mass is 357 g/mol. The Labute approximate surface area is 155 Å². The van der Waals surface area contributed by atoms with Crippen molar-refractivity contribution in [2.45, 2.75) is 45.9 Å². The van der Waals surface area contributed by atoms with Crippen molar-refractivity contribution >= 4 is 6.09 Å². The minimum absolute atomic E-state index is 0.0514. The Balaban J connectivity index is 1.92. The zero-order valence-electron chi connectivity index (χ0n) is 15.9. The first-order chi connectivity index (χ1) is 12.2. The molecule has 1 unspecified atom stereocenters. The Morgan fingerprint density at radius 3 is 2.65 bits per heavy atom. The quantitative estimate of drug-likeness (QED) is 0.836. The Hall–Kier alpha value is -2.10. The maximum absolute atomic E-state index is 11.4. The molecule has 3 rings (SSSR count). The fraction of sp³-hybridized carbons (Fsp3) is 0.600. The molecule has 1 N–H and O–H groups in total. The lowest BCUT2D eigenvalue weighted by Crippen LogP contribution is -2.65. The number of rotatable bonds is 1. The van der Waals surface area contributed by atoms with Crippen molar-refractivity contribution in [2.75, 3.05) is 26.2 Å². The molecule has 0 saturated carbocycles. The highest BCUT2D eigenvalue weighted by atomic mass is 16.5. The number of amides is 1. The lowest BCUT2D eigenvalue weighted by molar-refractivity contribution is -0.173. The normalized spacial score (nSPS) is 26.9. The molecule has 0 bridgehead atoms. The number of piperazine rings is 1. The van der Waals surface area contributed by atoms with E-state index in [4.69, 9.17) is 4.74 Å². The van der Waals surface area contributed by atoms with Crippen molar-refractivity contribution in [1.29, 1.82) is 5.26 Å². The van der Waals surface area contributed by atoms with Crippen LogP contribution in [0.5, 0.6) is 0 Å². The first-order valence-electron chi connectivity index (χ1n) is 9.09. The molecule has 0 aromatic heterocycles. The van der Waals surface area contributed by atoms with Gasteiger partial charge in [-0.25, -0.2) is 4.79 Å². The molecule has 6 heteroatoms. The molecule has 2 aliphatic rings. The van der Waals surface area contributed by atoms with Gasteiger partial charge in [-0.05, 0) is 29.5 Å². The van der Waals surface area contributed by atoms with E-state index in [1.54, 1.807) is 0 Å². The summed E-state index contributed by atoms with van der Waals surface area (Å²) < 4.78 is 6.54. The average Bonchev–Trinajstić information content (AvgIpc) is 2.59. The van der Waals surface area contributed by atoms with Gasteiger partial charge in [0.2, 0.25) is 0 Å². The van der Waals surface area contributed by atoms with Gasteiger partial charge in [-0.3, -0.25) is 4.90 Å². The SMILES string of the molecule is Cc1c(C#N)cccc1[C@H]1CN2CCN(C(=O)O)C[C@@H]2C(C(C)(C)C)O1. The lowest BCUT2D eigenvalue weighted by atomic mass is 9.81. The van der Waals surface area contributed by atoms with Crippen LogP contribution in [0.25, 0.3) is 0 Å². The maximum Gasteiger partial charge on any atom is 0.407 e. The van der Waals surface area contributed by atoms with Gasteiger partial charge in [-0.1, -0.05) is 32.9 Å². The van der Waals surface area contributed by atoms with Crippen LogP contribution in [0.4, 0.5) is 4.79 Å². The van der Waals surface area contributed by atoms with Crippen molar-refractivity contribution in [2.24, 2.45) is 5.41 Å². The van der Waals surface area contributed by atoms with Gasteiger partial charge in [0.1, 0.15) is 0 Å². The van der Waals surface area contributed by atoms with Crippen LogP contribution in [0.1, 0.15) is 43.6 Å². The van der Waals surface area contributed by atoms with E-state index < -0.39 is 6.09 Å². The predicted octanol–water partition coefficient (Wildman–Crippen LogP) is 3.02. The Morgan fingerprint density at radius 1 is 1.31 bits per heavy atom. The average molecular weight is 357 g/mol. The first kappa shape index (κ1) is 18.7. The second-order valence-electron chi connectivity index (χ2n) is 8.33. The standard InChI is InChI=1S/C20H27N3O3/c1-13-14(10-21)6-5-7-15(13)17-12-22-8-9-23(19(24)25)11-16(22)18(26-17)20(2,3)4/h5-7,16-18H,8-9,11-12H2,1-4H3,(H,24,25)/t16-,17-,18?/m1/s1. The van der Waals surface area contributed by atoms with Gasteiger partial charge in [0.25, 0.3) is 0 Å². The molecule has 2 aliphatic heterocycles. The number of carbonyl (C=O) groups is 1. The van der Waals surface area contributed by atoms with Gasteiger partial charge in [-0.15, -0.1) is 0 Å². The molecule has 0 spiro atoms. The molecule has 2 fully saturated rings. The molecule has 1 aromatic carbocycles. The molecule has 3 atom stereocenters. The zero-order valence-corrected chi connectivity index (χ0v) is 15.9. The van der Waals surface area contributed by atoms with Gasteiger partial charge in [0.05, 0.1) is 29.9 Å². The summed E-state index contributed by atoms with van der Waals surface area (Å²) in [7, 11) is 0. The van der Waals surface area contributed by atoms with E-state index in [1.807, 2.05) is 25.1 Å². The Kier molecular flexibility index (Phi) is 4.96. The third-order valence-electron chi connectivity index (χ3n) is 5.56. The number of nitriles is 1. The second kappa shape index (κ2) is 6.90. The van der Waals surface area contributed by atoms with Crippen LogP contribution in [0, 0.1) is 23.7 Å². The van der Waals surface area contributed by atoms with Gasteiger partial charge in [0, 0.05) is 26.2 Å². The summed E-state index contributed by atoms with van der Waals surface area (Å²) in [5, 5.41) is 18.7. The molecule has 2 saturated heterocycles. The summed E-state index contributed by atoms with van der Waals surface area (Å²) >= 11 is 0. The first-order valence-corrected chi connectivity index (χ1v) is 9.09. The smallest absolute Gasteiger partial charge is 0.407 e. The van der Waals surface area contributed by atoms with E-state index in [9.17, 15) is 15.2 Å². The van der Waals surface area contributed by atoms with E-state index in [-0.39, 0.29) is 23.7 Å². The van der Waals surface area contributed by atoms with E-state index >= 15 is 0 Å². The number of hydrogen-bond acceptors (Lipinski definition) is 4. The molecule has 1 aromatic rings. The molecule has 6 nitrogen and oxygen atoms in total. The number of benzene rings is 1. The molecular formula is C20H27N3O3. The lowest BCUT2D eigenvalue weighted by Gasteiger charge is -2.53. The van der Waals surface area contributed by atoms with Crippen LogP contribution in [-0.2, 0) is 4.74 Å². The number of nitrogens with zero attached hydrogens (tertiary/aromatic N) is 3. The van der Waals surface area contributed by atoms with Gasteiger partial charge >= 0.3 is 6.09 Å². The van der Waals surface area contributed by atoms with Crippen molar-refractivity contribution in [3.63, 3.8) is 0 Å². The number of ether oxygens (including phenoxy) is 1. The van der Waals surface area contributed by atoms with Crippen LogP contribution >= 0.6 is 0 Å². The van der Waals surface area contributed by atoms with Crippen LogP contribution in [0.2, 0.25) is 0 Å². The van der Waals surface area contributed by atoms with Gasteiger partial charge < -0.3 is 14.7 Å². The van der Waals surface area contributed by atoms with E-state index in [2.05, 4.69) is 31.7 Å². The van der Waals surface area contributed by atoms with Crippen molar-refractivity contribution in [1.82, 2.24) is 9.80 Å². The van der Waals surface area contributed by atoms with Gasteiger partial charge in [-0.2, -0.15) is 5.26 Å². The highest BCUT2D eigenvalue weighted by Gasteiger charge is 2.46. The van der Waals surface area contributed by atoms with Crippen LogP contribution in [-0.4, -0.2) is 59.3 Å². The Morgan fingerprint density at radius 2 is 2.04 bits per heavy atom. The van der Waals surface area contributed by atoms with Gasteiger partial charge in [0.15, 0.2) is 0 Å². The van der Waals surface area contributed by atoms with Crippen LogP contribution < -0.4 is 0 Å². The third-order valence-corrected chi connectivity index (χ3v) is 5.56. The van der Waals surface area contributed by atoms with E-state index in [0.717, 1.165) is 17.7 Å². The maximum atomic E-state index is 11.4. The molecule has 0 radical (unpaired) electrons. The Bertz CT molecular complexity index is 735. The molecular weight excluding hydrogens is 330 g/mol. The van der Waals surface area contributed by atoms with Crippen LogP contribution in [0.3, 0.4) is 0 Å². The summed E-state index contributed by atoms with van der Waals surface area (Å²) in [5.74, 6) is 0. The van der Waals surface area contributed by atoms with E-state index in [0.29, 0.717) is 25.2 Å². The molecule has 26 heavy (non-hydrogen) atoms. The largest absolute Gasteiger partial charge is 0.465 e. The summed E-state index contributed by atoms with van der Waals surface area (Å²) in [4.78, 5) is 15.3. The zero-order chi connectivity index (χ0) is 19.1. The fourth-order valence-electron chi connectivity index (χ4n) is 4.14. The van der Waals surface area contributed by atoms with Crippen molar-refractivity contribution in [3.05, 3.63) is 34.9 Å². The fourth-order valence-corrected chi connectivity index (χ4v) is 4.14. The minimum atomic E-state index is -0.864. The molecule has 140 valence electrons. The molecule has 2 heterocycles.